The van der Waals surface area contributed by atoms with Gasteiger partial charge in [-0.3, -0.25) is 4.57 Å². The molecule has 0 aliphatic heterocycles. The highest BCUT2D eigenvalue weighted by Gasteiger charge is 2.08. The Morgan fingerprint density at radius 2 is 1.78 bits per heavy atom. The van der Waals surface area contributed by atoms with Crippen LogP contribution in [0.3, 0.4) is 0 Å². The molecule has 0 amide bonds. The molecular formula is C15H10N2S. The Labute approximate surface area is 108 Å². The van der Waals surface area contributed by atoms with Crippen molar-refractivity contribution in [2.75, 3.05) is 0 Å². The second-order valence-electron chi connectivity index (χ2n) is 4.22. The maximum atomic E-state index is 4.45. The number of imidazole rings is 1. The van der Waals surface area contributed by atoms with Crippen LogP contribution >= 0.6 is 11.3 Å². The monoisotopic (exact) mass is 250 g/mol. The van der Waals surface area contributed by atoms with E-state index in [4.69, 9.17) is 0 Å². The highest BCUT2D eigenvalue weighted by molar-refractivity contribution is 7.17. The van der Waals surface area contributed by atoms with Gasteiger partial charge in [0.05, 0.1) is 16.7 Å². The summed E-state index contributed by atoms with van der Waals surface area (Å²) in [5.74, 6) is 0. The Morgan fingerprint density at radius 1 is 0.944 bits per heavy atom. The van der Waals surface area contributed by atoms with Gasteiger partial charge in [-0.05, 0) is 18.2 Å². The fourth-order valence-electron chi connectivity index (χ4n) is 2.30. The first-order valence-electron chi connectivity index (χ1n) is 5.82. The number of hydrogen-bond donors (Lipinski definition) is 0. The zero-order valence-electron chi connectivity index (χ0n) is 9.58. The standard InChI is InChI=1S/C15H10N2S/c1-4-8-15-11(5-1)14(9-18-15)17-10-16-12-6-2-3-7-13(12)17/h1-10H. The van der Waals surface area contributed by atoms with Crippen molar-refractivity contribution in [1.82, 2.24) is 9.55 Å². The Kier molecular flexibility index (Phi) is 2.02. The molecule has 2 heterocycles. The van der Waals surface area contributed by atoms with Crippen LogP contribution in [-0.2, 0) is 0 Å². The zero-order valence-corrected chi connectivity index (χ0v) is 10.4. The summed E-state index contributed by atoms with van der Waals surface area (Å²) >= 11 is 1.77. The van der Waals surface area contributed by atoms with Crippen LogP contribution in [0.2, 0.25) is 0 Å². The highest BCUT2D eigenvalue weighted by atomic mass is 32.1. The van der Waals surface area contributed by atoms with Crippen molar-refractivity contribution in [2.24, 2.45) is 0 Å². The number of nitrogens with zero attached hydrogens (tertiary/aromatic N) is 2. The summed E-state index contributed by atoms with van der Waals surface area (Å²) in [6, 6.07) is 16.7. The predicted octanol–water partition coefficient (Wildman–Crippen LogP) is 4.24. The number of para-hydroxylation sites is 2. The number of rotatable bonds is 1. The maximum Gasteiger partial charge on any atom is 0.100 e. The third-order valence-corrected chi connectivity index (χ3v) is 4.12. The Bertz CT molecular complexity index is 770. The van der Waals surface area contributed by atoms with Crippen LogP contribution in [0.15, 0.2) is 60.2 Å². The first kappa shape index (κ1) is 9.85. The fourth-order valence-corrected chi connectivity index (χ4v) is 3.24. The van der Waals surface area contributed by atoms with Gasteiger partial charge in [0.1, 0.15) is 6.33 Å². The highest BCUT2D eigenvalue weighted by Crippen LogP contribution is 2.30. The summed E-state index contributed by atoms with van der Waals surface area (Å²) in [6.07, 6.45) is 1.90. The van der Waals surface area contributed by atoms with Crippen molar-refractivity contribution in [3.8, 4) is 5.69 Å². The van der Waals surface area contributed by atoms with E-state index in [0.29, 0.717) is 0 Å². The van der Waals surface area contributed by atoms with Gasteiger partial charge in [-0.1, -0.05) is 30.3 Å². The lowest BCUT2D eigenvalue weighted by Gasteiger charge is -2.02. The molecule has 0 fully saturated rings. The van der Waals surface area contributed by atoms with Gasteiger partial charge in [0.25, 0.3) is 0 Å². The minimum Gasteiger partial charge on any atom is -0.297 e. The average Bonchev–Trinajstić information content (AvgIpc) is 3.01. The summed E-state index contributed by atoms with van der Waals surface area (Å²) in [6.45, 7) is 0. The fraction of sp³-hybridized carbons (Fsp3) is 0. The topological polar surface area (TPSA) is 17.8 Å². The minimum atomic E-state index is 1.03. The number of benzene rings is 2. The van der Waals surface area contributed by atoms with Crippen LogP contribution in [0.5, 0.6) is 0 Å². The molecule has 0 bridgehead atoms. The molecule has 0 aliphatic rings. The van der Waals surface area contributed by atoms with Crippen LogP contribution in [-0.4, -0.2) is 9.55 Å². The van der Waals surface area contributed by atoms with Gasteiger partial charge in [0, 0.05) is 15.5 Å². The summed E-state index contributed by atoms with van der Waals surface area (Å²) < 4.78 is 3.47. The van der Waals surface area contributed by atoms with Crippen molar-refractivity contribution in [3.05, 3.63) is 60.2 Å². The normalized spacial score (nSPS) is 11.3. The quantitative estimate of drug-likeness (QED) is 0.494. The Hall–Kier alpha value is -2.13. The second-order valence-corrected chi connectivity index (χ2v) is 5.13. The molecule has 4 aromatic rings. The first-order valence-corrected chi connectivity index (χ1v) is 6.70. The molecule has 86 valence electrons. The van der Waals surface area contributed by atoms with Crippen molar-refractivity contribution < 1.29 is 0 Å². The molecule has 0 atom stereocenters. The van der Waals surface area contributed by atoms with Crippen LogP contribution < -0.4 is 0 Å². The van der Waals surface area contributed by atoms with Crippen LogP contribution in [0.25, 0.3) is 26.8 Å². The lowest BCUT2D eigenvalue weighted by Crippen LogP contribution is -1.89. The zero-order chi connectivity index (χ0) is 11.9. The van der Waals surface area contributed by atoms with Crippen molar-refractivity contribution >= 4 is 32.5 Å². The van der Waals surface area contributed by atoms with Crippen molar-refractivity contribution in [2.45, 2.75) is 0 Å². The van der Waals surface area contributed by atoms with E-state index in [-0.39, 0.29) is 0 Å². The van der Waals surface area contributed by atoms with E-state index < -0.39 is 0 Å². The second kappa shape index (κ2) is 3.68. The molecule has 0 radical (unpaired) electrons. The molecule has 2 aromatic carbocycles. The maximum absolute atomic E-state index is 4.45. The third kappa shape index (κ3) is 1.31. The van der Waals surface area contributed by atoms with Gasteiger partial charge >= 0.3 is 0 Å². The van der Waals surface area contributed by atoms with Gasteiger partial charge in [0.2, 0.25) is 0 Å². The summed E-state index contributed by atoms with van der Waals surface area (Å²) in [5, 5.41) is 3.48. The number of fused-ring (bicyclic) bond motifs is 2. The van der Waals surface area contributed by atoms with Gasteiger partial charge < -0.3 is 0 Å². The van der Waals surface area contributed by atoms with E-state index in [0.717, 1.165) is 11.0 Å². The Balaban J connectivity index is 2.08. The molecule has 4 rings (SSSR count). The lowest BCUT2D eigenvalue weighted by atomic mass is 10.2. The molecule has 0 saturated heterocycles. The molecule has 2 nitrogen and oxygen atoms in total. The van der Waals surface area contributed by atoms with Gasteiger partial charge in [-0.15, -0.1) is 11.3 Å². The van der Waals surface area contributed by atoms with Crippen LogP contribution in [0.4, 0.5) is 0 Å². The predicted molar refractivity (Wildman–Crippen MR) is 76.5 cm³/mol. The van der Waals surface area contributed by atoms with E-state index in [9.17, 15) is 0 Å². The number of thiophene rings is 1. The van der Waals surface area contributed by atoms with Crippen molar-refractivity contribution in [3.63, 3.8) is 0 Å². The molecule has 0 saturated carbocycles. The molecule has 0 N–H and O–H groups in total. The molecule has 0 unspecified atom stereocenters. The largest absolute Gasteiger partial charge is 0.297 e. The summed E-state index contributed by atoms with van der Waals surface area (Å²) in [7, 11) is 0. The molecule has 18 heavy (non-hydrogen) atoms. The number of aromatic nitrogens is 2. The van der Waals surface area contributed by atoms with Gasteiger partial charge in [0.15, 0.2) is 0 Å². The van der Waals surface area contributed by atoms with Gasteiger partial charge in [-0.25, -0.2) is 4.98 Å². The number of hydrogen-bond acceptors (Lipinski definition) is 2. The molecule has 0 aliphatic carbocycles. The van der Waals surface area contributed by atoms with E-state index in [1.54, 1.807) is 11.3 Å². The van der Waals surface area contributed by atoms with Crippen LogP contribution in [0.1, 0.15) is 0 Å². The van der Waals surface area contributed by atoms with Crippen molar-refractivity contribution in [1.29, 1.82) is 0 Å². The van der Waals surface area contributed by atoms with Crippen LogP contribution in [0, 0.1) is 0 Å². The SMILES string of the molecule is c1ccc2c(c1)ncn2-c1csc2ccccc12. The van der Waals surface area contributed by atoms with E-state index >= 15 is 0 Å². The first-order chi connectivity index (χ1) is 8.93. The van der Waals surface area contributed by atoms with Gasteiger partial charge in [-0.2, -0.15) is 0 Å². The van der Waals surface area contributed by atoms with E-state index in [1.807, 2.05) is 18.5 Å². The average molecular weight is 250 g/mol. The molecular weight excluding hydrogens is 240 g/mol. The summed E-state index contributed by atoms with van der Waals surface area (Å²) in [5.41, 5.74) is 3.40. The molecule has 3 heteroatoms. The summed E-state index contributed by atoms with van der Waals surface area (Å²) in [4.78, 5) is 4.45. The minimum absolute atomic E-state index is 1.03. The Morgan fingerprint density at radius 3 is 2.78 bits per heavy atom. The molecule has 0 spiro atoms. The molecule has 2 aromatic heterocycles. The van der Waals surface area contributed by atoms with E-state index in [2.05, 4.69) is 51.3 Å². The van der Waals surface area contributed by atoms with E-state index in [1.165, 1.54) is 15.8 Å². The smallest absolute Gasteiger partial charge is 0.100 e. The third-order valence-electron chi connectivity index (χ3n) is 3.17. The lowest BCUT2D eigenvalue weighted by molar-refractivity contribution is 1.11.